The number of piperazine rings is 1. The molecule has 0 spiro atoms. The minimum absolute atomic E-state index is 0.0732. The first-order valence-electron chi connectivity index (χ1n) is 11.1. The molecule has 0 N–H and O–H groups in total. The number of rotatable bonds is 6. The van der Waals surface area contributed by atoms with Crippen LogP contribution >= 0.6 is 0 Å². The van der Waals surface area contributed by atoms with Gasteiger partial charge in [0.05, 0.1) is 54.0 Å². The van der Waals surface area contributed by atoms with Crippen molar-refractivity contribution >= 4 is 17.5 Å². The maximum atomic E-state index is 12.9. The van der Waals surface area contributed by atoms with E-state index in [1.165, 1.54) is 36.2 Å². The molecule has 2 aromatic rings. The lowest BCUT2D eigenvalue weighted by Crippen LogP contribution is -2.57. The fourth-order valence-electron chi connectivity index (χ4n) is 4.81. The van der Waals surface area contributed by atoms with Gasteiger partial charge in [0.1, 0.15) is 0 Å². The Morgan fingerprint density at radius 3 is 2.29 bits per heavy atom. The second-order valence-corrected chi connectivity index (χ2v) is 8.91. The van der Waals surface area contributed by atoms with Crippen molar-refractivity contribution in [1.29, 1.82) is 0 Å². The number of likely N-dealkylation sites (N-methyl/N-ethyl adjacent to an activating group) is 1. The average molecular weight is 422 g/mol. The normalized spacial score (nSPS) is 18.9. The van der Waals surface area contributed by atoms with E-state index in [4.69, 9.17) is 9.47 Å². The van der Waals surface area contributed by atoms with Gasteiger partial charge in [0.2, 0.25) is 0 Å². The lowest BCUT2D eigenvalue weighted by Gasteiger charge is -2.42. The van der Waals surface area contributed by atoms with Crippen LogP contribution in [-0.4, -0.2) is 64.3 Å². The molecule has 2 aliphatic rings. The van der Waals surface area contributed by atoms with Crippen LogP contribution in [0.4, 0.5) is 5.69 Å². The largest absolute Gasteiger partial charge is 0.493 e. The number of ether oxygens (including phenoxy) is 2. The fraction of sp³-hybridized carbons (Fsp3) is 0.423. The van der Waals surface area contributed by atoms with E-state index >= 15 is 0 Å². The molecule has 0 amide bonds. The number of Topliss-reactive ketones (excluding diaryl/α,β-unsaturated/α-hetero) is 1. The number of quaternary nitrogens is 1. The van der Waals surface area contributed by atoms with Crippen molar-refractivity contribution in [3.63, 3.8) is 0 Å². The van der Waals surface area contributed by atoms with Gasteiger partial charge in [0.15, 0.2) is 17.3 Å². The van der Waals surface area contributed by atoms with Gasteiger partial charge in [-0.1, -0.05) is 19.1 Å². The Labute approximate surface area is 185 Å². The number of methoxy groups -OCH3 is 2. The number of carbonyl (C=O) groups is 1. The molecule has 0 unspecified atom stereocenters. The minimum Gasteiger partial charge on any atom is -0.493 e. The maximum absolute atomic E-state index is 12.9. The van der Waals surface area contributed by atoms with Gasteiger partial charge < -0.3 is 18.9 Å². The molecule has 2 aromatic carbocycles. The van der Waals surface area contributed by atoms with E-state index in [1.807, 2.05) is 12.1 Å². The number of ketones is 1. The van der Waals surface area contributed by atoms with Gasteiger partial charge in [-0.3, -0.25) is 4.79 Å². The molecular formula is C26H33N2O3+. The molecule has 1 aliphatic carbocycles. The zero-order valence-electron chi connectivity index (χ0n) is 19.1. The number of nitrogens with zero attached hydrogens (tertiary/aromatic N) is 2. The van der Waals surface area contributed by atoms with Crippen LogP contribution in [0.3, 0.4) is 0 Å². The van der Waals surface area contributed by atoms with E-state index in [0.29, 0.717) is 23.5 Å². The zero-order valence-corrected chi connectivity index (χ0v) is 19.1. The third-order valence-electron chi connectivity index (χ3n) is 6.71. The van der Waals surface area contributed by atoms with Crippen molar-refractivity contribution in [2.24, 2.45) is 0 Å². The predicted octanol–water partition coefficient (Wildman–Crippen LogP) is 4.20. The maximum Gasteiger partial charge on any atom is 0.189 e. The van der Waals surface area contributed by atoms with Gasteiger partial charge in [-0.15, -0.1) is 0 Å². The highest BCUT2D eigenvalue weighted by atomic mass is 16.5. The summed E-state index contributed by atoms with van der Waals surface area (Å²) in [4.78, 5) is 15.4. The van der Waals surface area contributed by atoms with Crippen molar-refractivity contribution in [3.8, 4) is 11.5 Å². The number of fused-ring (bicyclic) bond motifs is 1. The van der Waals surface area contributed by atoms with Crippen LogP contribution in [0.1, 0.15) is 34.8 Å². The summed E-state index contributed by atoms with van der Waals surface area (Å²) in [5.41, 5.74) is 4.83. The molecular weight excluding hydrogens is 388 g/mol. The second kappa shape index (κ2) is 8.75. The summed E-state index contributed by atoms with van der Waals surface area (Å²) >= 11 is 0. The number of hydrogen-bond acceptors (Lipinski definition) is 4. The summed E-state index contributed by atoms with van der Waals surface area (Å²) in [6, 6.07) is 12.3. The van der Waals surface area contributed by atoms with Crippen molar-refractivity contribution in [2.75, 3.05) is 58.9 Å². The molecule has 1 aliphatic heterocycles. The fourth-order valence-corrected chi connectivity index (χ4v) is 4.81. The average Bonchev–Trinajstić information content (AvgIpc) is 3.08. The van der Waals surface area contributed by atoms with Gasteiger partial charge in [-0.05, 0) is 47.9 Å². The van der Waals surface area contributed by atoms with E-state index < -0.39 is 0 Å². The first-order chi connectivity index (χ1) is 15.0. The van der Waals surface area contributed by atoms with Gasteiger partial charge in [0.25, 0.3) is 0 Å². The predicted molar refractivity (Wildman–Crippen MR) is 125 cm³/mol. The monoisotopic (exact) mass is 421 g/mol. The molecule has 5 nitrogen and oxygen atoms in total. The third-order valence-corrected chi connectivity index (χ3v) is 6.71. The third kappa shape index (κ3) is 4.33. The molecule has 0 radical (unpaired) electrons. The quantitative estimate of drug-likeness (QED) is 0.518. The zero-order chi connectivity index (χ0) is 22.0. The Morgan fingerprint density at radius 1 is 1.03 bits per heavy atom. The smallest absolute Gasteiger partial charge is 0.189 e. The lowest BCUT2D eigenvalue weighted by atomic mass is 10.1. The number of anilines is 1. The Kier molecular flexibility index (Phi) is 6.05. The first kappa shape index (κ1) is 21.4. The van der Waals surface area contributed by atoms with Crippen molar-refractivity contribution in [2.45, 2.75) is 19.8 Å². The Morgan fingerprint density at radius 2 is 1.68 bits per heavy atom. The Balaban J connectivity index is 1.47. The summed E-state index contributed by atoms with van der Waals surface area (Å²) in [6.45, 7) is 8.10. The van der Waals surface area contributed by atoms with Crippen LogP contribution in [0.15, 0.2) is 42.0 Å². The Bertz CT molecular complexity index is 986. The van der Waals surface area contributed by atoms with Crippen molar-refractivity contribution in [1.82, 2.24) is 0 Å². The van der Waals surface area contributed by atoms with Crippen LogP contribution in [0.5, 0.6) is 11.5 Å². The molecule has 1 fully saturated rings. The summed E-state index contributed by atoms with van der Waals surface area (Å²) in [7, 11) is 5.58. The lowest BCUT2D eigenvalue weighted by molar-refractivity contribution is -0.910. The number of hydrogen-bond donors (Lipinski definition) is 0. The molecule has 1 heterocycles. The highest BCUT2D eigenvalue weighted by Gasteiger charge is 2.28. The molecule has 1 saturated heterocycles. The molecule has 0 saturated carbocycles. The SMILES string of the molecule is CCC[N+]1(C)CCN(c2ccc(C=C3Cc4cc(OC)c(OC)cc4C3=O)cc2)CC1. The number of allylic oxidation sites excluding steroid dienone is 1. The van der Waals surface area contributed by atoms with E-state index in [2.05, 4.69) is 43.1 Å². The van der Waals surface area contributed by atoms with E-state index in [-0.39, 0.29) is 5.78 Å². The van der Waals surface area contributed by atoms with Crippen LogP contribution < -0.4 is 14.4 Å². The van der Waals surface area contributed by atoms with Crippen LogP contribution in [0.25, 0.3) is 6.08 Å². The number of carbonyl (C=O) groups excluding carboxylic acids is 1. The summed E-state index contributed by atoms with van der Waals surface area (Å²) in [5.74, 6) is 1.33. The van der Waals surface area contributed by atoms with Gasteiger partial charge >= 0.3 is 0 Å². The summed E-state index contributed by atoms with van der Waals surface area (Å²) < 4.78 is 11.9. The van der Waals surface area contributed by atoms with Crippen LogP contribution in [-0.2, 0) is 6.42 Å². The topological polar surface area (TPSA) is 38.8 Å². The second-order valence-electron chi connectivity index (χ2n) is 8.91. The van der Waals surface area contributed by atoms with Crippen molar-refractivity contribution < 1.29 is 18.8 Å². The highest BCUT2D eigenvalue weighted by molar-refractivity contribution is 6.15. The molecule has 4 rings (SSSR count). The van der Waals surface area contributed by atoms with Crippen molar-refractivity contribution in [3.05, 3.63) is 58.7 Å². The van der Waals surface area contributed by atoms with E-state index in [9.17, 15) is 4.79 Å². The highest BCUT2D eigenvalue weighted by Crippen LogP contribution is 2.37. The van der Waals surface area contributed by atoms with E-state index in [1.54, 1.807) is 20.3 Å². The summed E-state index contributed by atoms with van der Waals surface area (Å²) in [5, 5.41) is 0. The molecule has 31 heavy (non-hydrogen) atoms. The summed E-state index contributed by atoms with van der Waals surface area (Å²) in [6.07, 6.45) is 3.87. The van der Waals surface area contributed by atoms with Crippen LogP contribution in [0, 0.1) is 0 Å². The minimum atomic E-state index is 0.0732. The molecule has 0 atom stereocenters. The van der Waals surface area contributed by atoms with Gasteiger partial charge in [-0.25, -0.2) is 0 Å². The van der Waals surface area contributed by atoms with E-state index in [0.717, 1.165) is 29.8 Å². The molecule has 164 valence electrons. The Hall–Kier alpha value is -2.79. The molecule has 0 aromatic heterocycles. The number of benzene rings is 2. The standard InChI is InChI=1S/C26H33N2O3/c1-5-12-28(2)13-10-27(11-14-28)22-8-6-19(7-9-22)15-21-16-20-17-24(30-3)25(31-4)18-23(20)26(21)29/h6-9,15,17-18H,5,10-14,16H2,1-4H3/q+1. The van der Waals surface area contributed by atoms with Gasteiger partial charge in [-0.2, -0.15) is 0 Å². The van der Waals surface area contributed by atoms with Gasteiger partial charge in [0, 0.05) is 23.2 Å². The van der Waals surface area contributed by atoms with Crippen LogP contribution in [0.2, 0.25) is 0 Å². The first-order valence-corrected chi connectivity index (χ1v) is 11.1. The molecule has 5 heteroatoms. The molecule has 0 bridgehead atoms.